The number of β-lactam (4-membered cyclic amide) rings is 1. The molecule has 0 N–H and O–H groups in total. The number of carbonyl (C=O) groups excluding carboxylic acids is 2. The quantitative estimate of drug-likeness (QED) is 0.396. The lowest BCUT2D eigenvalue weighted by Crippen LogP contribution is -2.67. The van der Waals surface area contributed by atoms with E-state index in [-0.39, 0.29) is 18.0 Å². The van der Waals surface area contributed by atoms with E-state index in [0.717, 1.165) is 16.1 Å². The maximum Gasteiger partial charge on any atom is 0.410 e. The first kappa shape index (κ1) is 23.0. The molecule has 7 heteroatoms. The van der Waals surface area contributed by atoms with E-state index in [2.05, 4.69) is 0 Å². The molecule has 170 valence electrons. The minimum absolute atomic E-state index is 0.0896. The van der Waals surface area contributed by atoms with E-state index >= 15 is 0 Å². The van der Waals surface area contributed by atoms with Gasteiger partial charge in [-0.15, -0.1) is 11.8 Å². The molecule has 1 unspecified atom stereocenters. The Balaban J connectivity index is 1.60. The summed E-state index contributed by atoms with van der Waals surface area (Å²) < 4.78 is 5.54. The predicted octanol–water partition coefficient (Wildman–Crippen LogP) is 6.17. The standard InChI is InChI=1S/C25H29ClN2O3S/c1-24(2,3)31-23(30)27-15-13-25(14-16-27)21(17-5-7-18(26)8-6-17)28(22(25)29)19-9-11-20(32-4)12-10-19/h5-12,21H,13-16H2,1-4H3. The fraction of sp³-hybridized carbons (Fsp3) is 0.440. The molecular weight excluding hydrogens is 444 g/mol. The van der Waals surface area contributed by atoms with Gasteiger partial charge < -0.3 is 14.5 Å². The lowest BCUT2D eigenvalue weighted by molar-refractivity contribution is -0.144. The number of piperidine rings is 1. The number of thioether (sulfide) groups is 1. The Kier molecular flexibility index (Phi) is 6.21. The Morgan fingerprint density at radius 3 is 2.19 bits per heavy atom. The molecule has 2 aromatic carbocycles. The Morgan fingerprint density at radius 2 is 1.66 bits per heavy atom. The van der Waals surface area contributed by atoms with Crippen molar-refractivity contribution in [2.45, 2.75) is 50.2 Å². The number of nitrogens with zero attached hydrogens (tertiary/aromatic N) is 2. The molecular formula is C25H29ClN2O3S. The molecule has 0 aliphatic carbocycles. The Hall–Kier alpha value is -2.18. The number of rotatable bonds is 3. The number of carbonyl (C=O) groups is 2. The molecule has 1 atom stereocenters. The van der Waals surface area contributed by atoms with Crippen LogP contribution in [0.2, 0.25) is 5.02 Å². The molecule has 2 saturated heterocycles. The summed E-state index contributed by atoms with van der Waals surface area (Å²) in [6.07, 6.45) is 2.94. The summed E-state index contributed by atoms with van der Waals surface area (Å²) in [5.41, 5.74) is 0.899. The minimum atomic E-state index is -0.538. The summed E-state index contributed by atoms with van der Waals surface area (Å²) in [5.74, 6) is 0.123. The topological polar surface area (TPSA) is 49.9 Å². The van der Waals surface area contributed by atoms with Crippen LogP contribution < -0.4 is 4.90 Å². The lowest BCUT2D eigenvalue weighted by atomic mass is 9.62. The van der Waals surface area contributed by atoms with Crippen molar-refractivity contribution in [3.8, 4) is 0 Å². The number of halogens is 1. The van der Waals surface area contributed by atoms with Gasteiger partial charge in [0, 0.05) is 28.7 Å². The fourth-order valence-electron chi connectivity index (χ4n) is 4.68. The van der Waals surface area contributed by atoms with Crippen LogP contribution in [0, 0.1) is 5.41 Å². The molecule has 1 spiro atoms. The van der Waals surface area contributed by atoms with Gasteiger partial charge in [-0.3, -0.25) is 4.79 Å². The zero-order valence-corrected chi connectivity index (χ0v) is 20.5. The van der Waals surface area contributed by atoms with Crippen LogP contribution in [0.25, 0.3) is 0 Å². The van der Waals surface area contributed by atoms with Gasteiger partial charge in [0.2, 0.25) is 5.91 Å². The summed E-state index contributed by atoms with van der Waals surface area (Å²) in [4.78, 5) is 30.9. The molecule has 32 heavy (non-hydrogen) atoms. The van der Waals surface area contributed by atoms with Crippen LogP contribution in [-0.2, 0) is 9.53 Å². The molecule has 0 radical (unpaired) electrons. The number of hydrogen-bond donors (Lipinski definition) is 0. The highest BCUT2D eigenvalue weighted by Gasteiger charge is 2.62. The second-order valence-electron chi connectivity index (χ2n) is 9.45. The van der Waals surface area contributed by atoms with Crippen LogP contribution in [0.3, 0.4) is 0 Å². The molecule has 2 heterocycles. The van der Waals surface area contributed by atoms with Crippen LogP contribution in [0.15, 0.2) is 53.4 Å². The van der Waals surface area contributed by atoms with E-state index < -0.39 is 11.0 Å². The molecule has 0 aromatic heterocycles. The SMILES string of the molecule is CSc1ccc(N2C(=O)C3(CCN(C(=O)OC(C)(C)C)CC3)C2c2ccc(Cl)cc2)cc1. The molecule has 5 nitrogen and oxygen atoms in total. The number of ether oxygens (including phenoxy) is 1. The first-order chi connectivity index (χ1) is 15.1. The number of hydrogen-bond acceptors (Lipinski definition) is 4. The van der Waals surface area contributed by atoms with Crippen molar-refractivity contribution in [2.24, 2.45) is 5.41 Å². The van der Waals surface area contributed by atoms with Crippen molar-refractivity contribution in [3.63, 3.8) is 0 Å². The normalized spacial score (nSPS) is 20.3. The first-order valence-corrected chi connectivity index (χ1v) is 12.5. The van der Waals surface area contributed by atoms with Gasteiger partial charge in [-0.05, 0) is 81.8 Å². The van der Waals surface area contributed by atoms with Gasteiger partial charge in [0.1, 0.15) is 5.60 Å². The third-order valence-corrected chi connectivity index (χ3v) is 7.27. The third-order valence-electron chi connectivity index (χ3n) is 6.27. The summed E-state index contributed by atoms with van der Waals surface area (Å²) >= 11 is 7.81. The van der Waals surface area contributed by atoms with Gasteiger partial charge >= 0.3 is 6.09 Å². The smallest absolute Gasteiger partial charge is 0.410 e. The summed E-state index contributed by atoms with van der Waals surface area (Å²) in [6, 6.07) is 15.8. The highest BCUT2D eigenvalue weighted by atomic mass is 35.5. The highest BCUT2D eigenvalue weighted by Crippen LogP contribution is 2.57. The van der Waals surface area contributed by atoms with Gasteiger partial charge in [-0.1, -0.05) is 23.7 Å². The third kappa shape index (κ3) is 4.23. The van der Waals surface area contributed by atoms with Gasteiger partial charge in [-0.2, -0.15) is 0 Å². The van der Waals surface area contributed by atoms with Crippen LogP contribution in [-0.4, -0.2) is 41.8 Å². The van der Waals surface area contributed by atoms with Crippen molar-refractivity contribution < 1.29 is 14.3 Å². The van der Waals surface area contributed by atoms with Crippen LogP contribution in [0.4, 0.5) is 10.5 Å². The molecule has 2 aliphatic rings. The van der Waals surface area contributed by atoms with Crippen molar-refractivity contribution in [2.75, 3.05) is 24.2 Å². The van der Waals surface area contributed by atoms with Crippen molar-refractivity contribution in [1.29, 1.82) is 0 Å². The average Bonchev–Trinajstić information content (AvgIpc) is 2.77. The van der Waals surface area contributed by atoms with Gasteiger partial charge in [0.25, 0.3) is 0 Å². The molecule has 2 fully saturated rings. The van der Waals surface area contributed by atoms with E-state index in [1.54, 1.807) is 16.7 Å². The van der Waals surface area contributed by atoms with Crippen LogP contribution in [0.5, 0.6) is 0 Å². The number of anilines is 1. The summed E-state index contributed by atoms with van der Waals surface area (Å²) in [6.45, 7) is 6.60. The highest BCUT2D eigenvalue weighted by molar-refractivity contribution is 7.98. The van der Waals surface area contributed by atoms with E-state index in [1.165, 1.54) is 0 Å². The average molecular weight is 473 g/mol. The van der Waals surface area contributed by atoms with Crippen LogP contribution >= 0.6 is 23.4 Å². The second kappa shape index (κ2) is 8.64. The zero-order valence-electron chi connectivity index (χ0n) is 18.9. The van der Waals surface area contributed by atoms with E-state index in [1.807, 2.05) is 80.5 Å². The van der Waals surface area contributed by atoms with E-state index in [4.69, 9.17) is 16.3 Å². The lowest BCUT2D eigenvalue weighted by Gasteiger charge is -2.58. The number of amides is 2. The molecule has 2 aliphatic heterocycles. The Labute approximate surface area is 199 Å². The molecule has 4 rings (SSSR count). The fourth-order valence-corrected chi connectivity index (χ4v) is 5.21. The molecule has 0 saturated carbocycles. The maximum atomic E-state index is 13.6. The van der Waals surface area contributed by atoms with E-state index in [0.29, 0.717) is 31.0 Å². The first-order valence-electron chi connectivity index (χ1n) is 10.9. The summed E-state index contributed by atoms with van der Waals surface area (Å²) in [5, 5.41) is 0.670. The van der Waals surface area contributed by atoms with Gasteiger partial charge in [0.15, 0.2) is 0 Å². The van der Waals surface area contributed by atoms with Gasteiger partial charge in [-0.25, -0.2) is 4.79 Å². The second-order valence-corrected chi connectivity index (χ2v) is 10.8. The van der Waals surface area contributed by atoms with Crippen LogP contribution in [0.1, 0.15) is 45.2 Å². The van der Waals surface area contributed by atoms with Gasteiger partial charge in [0.05, 0.1) is 11.5 Å². The predicted molar refractivity (Wildman–Crippen MR) is 129 cm³/mol. The molecule has 0 bridgehead atoms. The minimum Gasteiger partial charge on any atom is -0.444 e. The van der Waals surface area contributed by atoms with Crippen molar-refractivity contribution in [1.82, 2.24) is 4.90 Å². The van der Waals surface area contributed by atoms with Crippen molar-refractivity contribution >= 4 is 41.1 Å². The number of benzene rings is 2. The Bertz CT molecular complexity index is 993. The summed E-state index contributed by atoms with van der Waals surface area (Å²) in [7, 11) is 0. The zero-order chi connectivity index (χ0) is 23.1. The molecule has 2 amide bonds. The largest absolute Gasteiger partial charge is 0.444 e. The molecule has 2 aromatic rings. The monoisotopic (exact) mass is 472 g/mol. The Morgan fingerprint density at radius 1 is 1.06 bits per heavy atom. The maximum absolute atomic E-state index is 13.6. The van der Waals surface area contributed by atoms with E-state index in [9.17, 15) is 9.59 Å². The van der Waals surface area contributed by atoms with Crippen molar-refractivity contribution in [3.05, 3.63) is 59.1 Å². The number of likely N-dealkylation sites (tertiary alicyclic amines) is 1.